The average Bonchev–Trinajstić information content (AvgIpc) is 3.08. The molecule has 3 N–H and O–H groups in total. The predicted molar refractivity (Wildman–Crippen MR) is 170 cm³/mol. The van der Waals surface area contributed by atoms with Crippen molar-refractivity contribution in [2.75, 3.05) is 19.5 Å². The number of sulfonamides is 1. The molecule has 0 radical (unpaired) electrons. The van der Waals surface area contributed by atoms with E-state index in [9.17, 15) is 27.5 Å². The Morgan fingerprint density at radius 2 is 1.54 bits per heavy atom. The number of aliphatic hydroxyl groups is 1. The first-order valence-corrected chi connectivity index (χ1v) is 15.5. The van der Waals surface area contributed by atoms with Gasteiger partial charge < -0.3 is 14.6 Å². The van der Waals surface area contributed by atoms with Crippen molar-refractivity contribution in [3.63, 3.8) is 0 Å². The molecule has 0 aliphatic carbocycles. The highest BCUT2D eigenvalue weighted by molar-refractivity contribution is 7.90. The van der Waals surface area contributed by atoms with Crippen LogP contribution in [0, 0.1) is 12.7 Å². The average molecular weight is 696 g/mol. The van der Waals surface area contributed by atoms with Crippen molar-refractivity contribution in [1.82, 2.24) is 29.6 Å². The number of halogens is 2. The third-order valence-corrected chi connectivity index (χ3v) is 8.17. The predicted octanol–water partition coefficient (Wildman–Crippen LogP) is 4.04. The number of rotatable bonds is 8. The molecule has 14 nitrogen and oxygen atoms in total. The van der Waals surface area contributed by atoms with Crippen LogP contribution in [0.15, 0.2) is 96.4 Å². The number of carbonyl (C=O) groups excluding carboxylic acids is 2. The Kier molecular flexibility index (Phi) is 11.3. The van der Waals surface area contributed by atoms with Crippen LogP contribution in [-0.2, 0) is 20.4 Å². The topological polar surface area (TPSA) is 195 Å². The highest BCUT2D eigenvalue weighted by Crippen LogP contribution is 2.39. The number of nitrogens with one attached hydrogen (secondary N) is 2. The molecule has 0 saturated heterocycles. The lowest BCUT2D eigenvalue weighted by Gasteiger charge is -2.30. The molecular weight excluding hydrogens is 669 g/mol. The van der Waals surface area contributed by atoms with Gasteiger partial charge in [0, 0.05) is 28.5 Å². The van der Waals surface area contributed by atoms with E-state index >= 15 is 0 Å². The number of esters is 1. The molecule has 2 amide bonds. The summed E-state index contributed by atoms with van der Waals surface area (Å²) in [5, 5.41) is 14.0. The lowest BCUT2D eigenvalue weighted by atomic mass is 9.81. The first-order valence-electron chi connectivity index (χ1n) is 13.7. The molecule has 17 heteroatoms. The Balaban J connectivity index is 0.000000219. The smallest absolute Gasteiger partial charge is 0.339 e. The van der Waals surface area contributed by atoms with Crippen molar-refractivity contribution in [2.24, 2.45) is 0 Å². The molecule has 48 heavy (non-hydrogen) atoms. The zero-order valence-electron chi connectivity index (χ0n) is 25.5. The van der Waals surface area contributed by atoms with Gasteiger partial charge in [-0.2, -0.15) is 15.0 Å². The fraction of sp³-hybridized carbons (Fsp3) is 0.129. The van der Waals surface area contributed by atoms with Crippen molar-refractivity contribution in [1.29, 1.82) is 0 Å². The van der Waals surface area contributed by atoms with Crippen LogP contribution in [-0.4, -0.2) is 64.7 Å². The molecule has 0 spiro atoms. The van der Waals surface area contributed by atoms with Crippen LogP contribution in [0.5, 0.6) is 6.01 Å². The Morgan fingerprint density at radius 3 is 2.19 bits per heavy atom. The van der Waals surface area contributed by atoms with E-state index in [2.05, 4.69) is 35.0 Å². The summed E-state index contributed by atoms with van der Waals surface area (Å²) in [5.74, 6) is -1.19. The molecule has 5 aromatic rings. The molecular formula is C31H27ClFN7O7S. The van der Waals surface area contributed by atoms with Gasteiger partial charge in [0.15, 0.2) is 0 Å². The van der Waals surface area contributed by atoms with Crippen LogP contribution in [0.3, 0.4) is 0 Å². The molecule has 0 saturated carbocycles. The van der Waals surface area contributed by atoms with E-state index in [1.807, 2.05) is 0 Å². The van der Waals surface area contributed by atoms with Gasteiger partial charge in [0.2, 0.25) is 5.95 Å². The second kappa shape index (κ2) is 15.3. The number of hydrogen-bond acceptors (Lipinski definition) is 12. The van der Waals surface area contributed by atoms with Crippen LogP contribution < -0.4 is 14.8 Å². The van der Waals surface area contributed by atoms with E-state index in [4.69, 9.17) is 16.3 Å². The zero-order chi connectivity index (χ0) is 34.9. The van der Waals surface area contributed by atoms with Gasteiger partial charge in [0.1, 0.15) is 28.5 Å². The molecule has 0 aliphatic heterocycles. The number of urea groups is 1. The number of carbonyl (C=O) groups is 2. The van der Waals surface area contributed by atoms with Gasteiger partial charge in [-0.15, -0.1) is 0 Å². The van der Waals surface area contributed by atoms with Gasteiger partial charge in [-0.25, -0.2) is 37.1 Å². The number of aryl methyl sites for hydroxylation is 1. The lowest BCUT2D eigenvalue weighted by Crippen LogP contribution is -2.35. The number of benzene rings is 3. The second-order valence-corrected chi connectivity index (χ2v) is 11.6. The van der Waals surface area contributed by atoms with Crippen molar-refractivity contribution in [3.05, 3.63) is 130 Å². The number of amides is 2. The molecule has 0 bridgehead atoms. The van der Waals surface area contributed by atoms with Crippen LogP contribution in [0.1, 0.15) is 32.9 Å². The molecule has 2 heterocycles. The number of hydrogen-bond donors (Lipinski definition) is 3. The van der Waals surface area contributed by atoms with Crippen LogP contribution in [0.4, 0.5) is 15.1 Å². The summed E-state index contributed by atoms with van der Waals surface area (Å²) in [6.07, 6.45) is 4.40. The summed E-state index contributed by atoms with van der Waals surface area (Å²) >= 11 is 6.26. The van der Waals surface area contributed by atoms with Crippen molar-refractivity contribution < 1.29 is 37.0 Å². The molecule has 1 atom stereocenters. The van der Waals surface area contributed by atoms with E-state index in [-0.39, 0.29) is 29.2 Å². The molecule has 1 unspecified atom stereocenters. The number of anilines is 1. The number of nitrogens with zero attached hydrogens (tertiary/aromatic N) is 5. The summed E-state index contributed by atoms with van der Waals surface area (Å²) in [5.41, 5.74) is -0.356. The SMILES string of the molecule is COC(=O)c1ccccc1S(=O)(=O)NC(=O)Nc1nc(C)nc(OC)n1.OC(c1ccc(F)cc1)(c1cncnc1)c1ccccc1Cl. The zero-order valence-corrected chi connectivity index (χ0v) is 27.0. The minimum atomic E-state index is -4.36. The summed E-state index contributed by atoms with van der Waals surface area (Å²) in [6.45, 7) is 1.54. The van der Waals surface area contributed by atoms with E-state index in [0.29, 0.717) is 21.7 Å². The van der Waals surface area contributed by atoms with Crippen LogP contribution in [0.2, 0.25) is 5.02 Å². The maximum Gasteiger partial charge on any atom is 0.339 e. The third-order valence-electron chi connectivity index (χ3n) is 6.45. The van der Waals surface area contributed by atoms with Gasteiger partial charge in [0.05, 0.1) is 19.8 Å². The molecule has 5 rings (SSSR count). The number of aromatic nitrogens is 5. The Labute approximate surface area is 279 Å². The molecule has 248 valence electrons. The van der Waals surface area contributed by atoms with E-state index in [1.165, 1.54) is 75.2 Å². The van der Waals surface area contributed by atoms with Crippen molar-refractivity contribution in [3.8, 4) is 6.01 Å². The fourth-order valence-corrected chi connectivity index (χ4v) is 5.67. The molecule has 0 aliphatic rings. The summed E-state index contributed by atoms with van der Waals surface area (Å²) in [6, 6.07) is 16.7. The third kappa shape index (κ3) is 8.22. The second-order valence-electron chi connectivity index (χ2n) is 9.56. The Bertz CT molecular complexity index is 2020. The largest absolute Gasteiger partial charge is 0.467 e. The van der Waals surface area contributed by atoms with Gasteiger partial charge in [-0.05, 0) is 42.8 Å². The summed E-state index contributed by atoms with van der Waals surface area (Å²) in [7, 11) is -1.92. The van der Waals surface area contributed by atoms with Gasteiger partial charge >= 0.3 is 18.0 Å². The minimum absolute atomic E-state index is 0.0494. The van der Waals surface area contributed by atoms with Crippen LogP contribution >= 0.6 is 11.6 Å². The van der Waals surface area contributed by atoms with E-state index in [1.54, 1.807) is 29.0 Å². The minimum Gasteiger partial charge on any atom is -0.467 e. The number of methoxy groups -OCH3 is 2. The lowest BCUT2D eigenvalue weighted by molar-refractivity contribution is 0.0596. The standard InChI is InChI=1S/C17H12ClFN2O.C14H15N5O6S/c18-16-4-2-1-3-15(16)17(22,13-9-20-11-21-10-13)12-5-7-14(19)8-6-12;1-8-15-12(18-14(16-8)25-3)17-13(21)19-26(22,23)10-7-5-4-6-9(10)11(20)24-2/h1-11,22H;4-7H,1-3H3,(H2,15,16,17,18,19,21). The van der Waals surface area contributed by atoms with Crippen LogP contribution in [0.25, 0.3) is 0 Å². The highest BCUT2D eigenvalue weighted by atomic mass is 35.5. The first kappa shape index (κ1) is 35.3. The Morgan fingerprint density at radius 1 is 0.896 bits per heavy atom. The first-order chi connectivity index (χ1) is 22.9. The van der Waals surface area contributed by atoms with E-state index < -0.39 is 32.5 Å². The molecule has 3 aromatic carbocycles. The van der Waals surface area contributed by atoms with Gasteiger partial charge in [0.25, 0.3) is 10.0 Å². The molecule has 2 aromatic heterocycles. The maximum atomic E-state index is 13.2. The van der Waals surface area contributed by atoms with Gasteiger partial charge in [-0.1, -0.05) is 54.1 Å². The Hall–Kier alpha value is -5.58. The van der Waals surface area contributed by atoms with E-state index in [0.717, 1.165) is 13.2 Å². The van der Waals surface area contributed by atoms with Crippen molar-refractivity contribution in [2.45, 2.75) is 17.4 Å². The quantitative estimate of drug-likeness (QED) is 0.197. The highest BCUT2D eigenvalue weighted by Gasteiger charge is 2.36. The summed E-state index contributed by atoms with van der Waals surface area (Å²) in [4.78, 5) is 42.7. The molecule has 0 fully saturated rings. The number of ether oxygens (including phenoxy) is 2. The van der Waals surface area contributed by atoms with Gasteiger partial charge in [-0.3, -0.25) is 5.32 Å². The van der Waals surface area contributed by atoms with Crippen molar-refractivity contribution >= 4 is 39.6 Å². The maximum absolute atomic E-state index is 13.2. The monoisotopic (exact) mass is 695 g/mol. The normalized spacial score (nSPS) is 12.0. The fourth-order valence-electron chi connectivity index (χ4n) is 4.30. The summed E-state index contributed by atoms with van der Waals surface area (Å²) < 4.78 is 49.2.